The Labute approximate surface area is 163 Å². The van der Waals surface area contributed by atoms with Gasteiger partial charge in [-0.1, -0.05) is 114 Å². The van der Waals surface area contributed by atoms with Crippen molar-refractivity contribution in [2.24, 2.45) is 0 Å². The molecule has 0 bridgehead atoms. The highest BCUT2D eigenvalue weighted by Gasteiger charge is 2.00. The molecule has 0 aromatic heterocycles. The van der Waals surface area contributed by atoms with E-state index in [1.54, 1.807) is 0 Å². The van der Waals surface area contributed by atoms with E-state index in [1.165, 1.54) is 38.9 Å². The first-order valence-corrected chi connectivity index (χ1v) is 9.38. The molecular weight excluding hydrogens is 324 g/mol. The van der Waals surface area contributed by atoms with E-state index in [9.17, 15) is 0 Å². The molecule has 0 saturated carbocycles. The van der Waals surface area contributed by atoms with Crippen LogP contribution in [0.3, 0.4) is 0 Å². The van der Waals surface area contributed by atoms with Crippen molar-refractivity contribution >= 4 is 0 Å². The zero-order valence-corrected chi connectivity index (χ0v) is 16.3. The first kappa shape index (κ1) is 18.7. The minimum absolute atomic E-state index is 1.28. The highest BCUT2D eigenvalue weighted by molar-refractivity contribution is 5.67. The molecule has 134 valence electrons. The molecule has 0 spiro atoms. The topological polar surface area (TPSA) is 0 Å². The van der Waals surface area contributed by atoms with E-state index < -0.39 is 0 Å². The summed E-state index contributed by atoms with van der Waals surface area (Å²) in [5.41, 5.74) is 9.17. The molecule has 0 aliphatic heterocycles. The van der Waals surface area contributed by atoms with Crippen LogP contribution in [-0.2, 0) is 0 Å². The maximum atomic E-state index is 2.24. The van der Waals surface area contributed by atoms with Crippen LogP contribution in [0.4, 0.5) is 0 Å². The molecule has 0 aliphatic rings. The average Bonchev–Trinajstić information content (AvgIpc) is 2.72. The minimum atomic E-state index is 1.28. The largest absolute Gasteiger partial charge is 0.0622 e. The van der Waals surface area contributed by atoms with Crippen molar-refractivity contribution in [3.8, 4) is 22.3 Å². The molecule has 0 nitrogen and oxygen atoms in total. The lowest BCUT2D eigenvalue weighted by Crippen LogP contribution is -1.83. The Bertz CT molecular complexity index is 983. The van der Waals surface area contributed by atoms with Crippen molar-refractivity contribution < 1.29 is 0 Å². The zero-order valence-electron chi connectivity index (χ0n) is 16.3. The van der Waals surface area contributed by atoms with Crippen molar-refractivity contribution in [3.63, 3.8) is 0 Å². The summed E-state index contributed by atoms with van der Waals surface area (Å²) < 4.78 is 0. The Morgan fingerprint density at radius 2 is 0.963 bits per heavy atom. The zero-order chi connectivity index (χ0) is 19.1. The number of hydrogen-bond acceptors (Lipinski definition) is 0. The summed E-state index contributed by atoms with van der Waals surface area (Å²) in [7, 11) is 0. The summed E-state index contributed by atoms with van der Waals surface area (Å²) in [6, 6.07) is 36.1. The van der Waals surface area contributed by atoms with Crippen LogP contribution in [0.5, 0.6) is 0 Å². The summed E-state index contributed by atoms with van der Waals surface area (Å²) in [4.78, 5) is 0. The lowest BCUT2D eigenvalue weighted by atomic mass is 9.99. The quantitative estimate of drug-likeness (QED) is 0.348. The number of aryl methyl sites for hydroxylation is 3. The SMILES string of the molecule is Cc1ccc(C)c(-c2ccccc2)c1.Cc1cccc(-c2ccccc2)c1. The molecule has 0 heterocycles. The van der Waals surface area contributed by atoms with E-state index in [1.807, 2.05) is 6.07 Å². The predicted molar refractivity (Wildman–Crippen MR) is 118 cm³/mol. The third kappa shape index (κ3) is 5.18. The number of benzene rings is 4. The van der Waals surface area contributed by atoms with Gasteiger partial charge in [-0.2, -0.15) is 0 Å². The van der Waals surface area contributed by atoms with Gasteiger partial charge in [0.15, 0.2) is 0 Å². The third-order valence-corrected chi connectivity index (χ3v) is 4.60. The Balaban J connectivity index is 0.000000156. The molecule has 0 atom stereocenters. The van der Waals surface area contributed by atoms with Gasteiger partial charge in [-0.15, -0.1) is 0 Å². The van der Waals surface area contributed by atoms with Crippen molar-refractivity contribution in [3.05, 3.63) is 120 Å². The molecule has 4 aromatic rings. The molecule has 0 unspecified atom stereocenters. The molecule has 0 fully saturated rings. The fourth-order valence-corrected chi connectivity index (χ4v) is 3.12. The summed E-state index contributed by atoms with van der Waals surface area (Å²) in [5.74, 6) is 0. The van der Waals surface area contributed by atoms with E-state index in [-0.39, 0.29) is 0 Å². The van der Waals surface area contributed by atoms with E-state index in [0.29, 0.717) is 0 Å². The van der Waals surface area contributed by atoms with Gasteiger partial charge in [-0.3, -0.25) is 0 Å². The minimum Gasteiger partial charge on any atom is -0.0622 e. The normalized spacial score (nSPS) is 10.0. The number of hydrogen-bond donors (Lipinski definition) is 0. The molecule has 0 heteroatoms. The summed E-state index contributed by atoms with van der Waals surface area (Å²) in [6.45, 7) is 6.40. The Morgan fingerprint density at radius 3 is 1.59 bits per heavy atom. The van der Waals surface area contributed by atoms with E-state index in [4.69, 9.17) is 0 Å². The number of rotatable bonds is 2. The Morgan fingerprint density at radius 1 is 0.407 bits per heavy atom. The van der Waals surface area contributed by atoms with E-state index in [0.717, 1.165) is 0 Å². The lowest BCUT2D eigenvalue weighted by molar-refractivity contribution is 1.39. The Kier molecular flexibility index (Phi) is 6.22. The van der Waals surface area contributed by atoms with Gasteiger partial charge in [0, 0.05) is 0 Å². The van der Waals surface area contributed by atoms with Crippen LogP contribution in [0.2, 0.25) is 0 Å². The van der Waals surface area contributed by atoms with Crippen LogP contribution < -0.4 is 0 Å². The van der Waals surface area contributed by atoms with Crippen molar-refractivity contribution in [1.29, 1.82) is 0 Å². The van der Waals surface area contributed by atoms with Gasteiger partial charge in [0.25, 0.3) is 0 Å². The second kappa shape index (κ2) is 9.00. The van der Waals surface area contributed by atoms with Gasteiger partial charge in [0.1, 0.15) is 0 Å². The smallest absolute Gasteiger partial charge is 0.0152 e. The predicted octanol–water partition coefficient (Wildman–Crippen LogP) is 7.63. The first-order chi connectivity index (χ1) is 13.1. The van der Waals surface area contributed by atoms with Crippen LogP contribution >= 0.6 is 0 Å². The standard InChI is InChI=1S/C14H14.C13H12/c1-11-8-9-12(2)14(10-11)13-6-4-3-5-7-13;1-11-6-5-9-13(10-11)12-7-3-2-4-8-12/h3-10H,1-2H3;2-10H,1H3. The molecular formula is C27H26. The highest BCUT2D eigenvalue weighted by Crippen LogP contribution is 2.23. The van der Waals surface area contributed by atoms with Crippen LogP contribution in [-0.4, -0.2) is 0 Å². The van der Waals surface area contributed by atoms with E-state index in [2.05, 4.69) is 118 Å². The first-order valence-electron chi connectivity index (χ1n) is 9.38. The van der Waals surface area contributed by atoms with Gasteiger partial charge in [0.05, 0.1) is 0 Å². The Hall–Kier alpha value is -3.12. The van der Waals surface area contributed by atoms with E-state index >= 15 is 0 Å². The van der Waals surface area contributed by atoms with Crippen molar-refractivity contribution in [1.82, 2.24) is 0 Å². The van der Waals surface area contributed by atoms with Gasteiger partial charge in [0.2, 0.25) is 0 Å². The van der Waals surface area contributed by atoms with Crippen LogP contribution in [0.25, 0.3) is 22.3 Å². The fraction of sp³-hybridized carbons (Fsp3) is 0.111. The van der Waals surface area contributed by atoms with Gasteiger partial charge < -0.3 is 0 Å². The molecule has 0 saturated heterocycles. The molecule has 0 N–H and O–H groups in total. The fourth-order valence-electron chi connectivity index (χ4n) is 3.12. The van der Waals surface area contributed by atoms with Gasteiger partial charge in [-0.05, 0) is 48.6 Å². The molecule has 27 heavy (non-hydrogen) atoms. The van der Waals surface area contributed by atoms with Gasteiger partial charge >= 0.3 is 0 Å². The van der Waals surface area contributed by atoms with Crippen LogP contribution in [0.15, 0.2) is 103 Å². The lowest BCUT2D eigenvalue weighted by Gasteiger charge is -2.06. The molecule has 0 aliphatic carbocycles. The van der Waals surface area contributed by atoms with Crippen LogP contribution in [0.1, 0.15) is 16.7 Å². The van der Waals surface area contributed by atoms with Crippen LogP contribution in [0, 0.1) is 20.8 Å². The summed E-state index contributed by atoms with van der Waals surface area (Å²) in [6.07, 6.45) is 0. The molecule has 4 aromatic carbocycles. The second-order valence-electron chi connectivity index (χ2n) is 6.92. The molecule has 0 amide bonds. The van der Waals surface area contributed by atoms with Crippen molar-refractivity contribution in [2.75, 3.05) is 0 Å². The maximum absolute atomic E-state index is 2.24. The second-order valence-corrected chi connectivity index (χ2v) is 6.92. The molecule has 0 radical (unpaired) electrons. The monoisotopic (exact) mass is 350 g/mol. The van der Waals surface area contributed by atoms with Crippen molar-refractivity contribution in [2.45, 2.75) is 20.8 Å². The average molecular weight is 351 g/mol. The third-order valence-electron chi connectivity index (χ3n) is 4.60. The molecule has 4 rings (SSSR count). The summed E-state index contributed by atoms with van der Waals surface area (Å²) >= 11 is 0. The van der Waals surface area contributed by atoms with Gasteiger partial charge in [-0.25, -0.2) is 0 Å². The summed E-state index contributed by atoms with van der Waals surface area (Å²) in [5, 5.41) is 0. The maximum Gasteiger partial charge on any atom is -0.0152 e. The highest BCUT2D eigenvalue weighted by atomic mass is 14.0.